The summed E-state index contributed by atoms with van der Waals surface area (Å²) in [5, 5.41) is 9.15. The first-order valence-corrected chi connectivity index (χ1v) is 5.67. The number of hydrogen-bond acceptors (Lipinski definition) is 3. The monoisotopic (exact) mass is 286 g/mol. The molecular formula is C11H11BrO4. The van der Waals surface area contributed by atoms with Crippen molar-refractivity contribution in [3.05, 3.63) is 21.7 Å². The summed E-state index contributed by atoms with van der Waals surface area (Å²) in [6.07, 6.45) is 0. The van der Waals surface area contributed by atoms with Crippen LogP contribution < -0.4 is 9.47 Å². The third-order valence-electron chi connectivity index (χ3n) is 2.44. The Kier molecular flexibility index (Phi) is 2.80. The van der Waals surface area contributed by atoms with Crippen molar-refractivity contribution < 1.29 is 19.4 Å². The van der Waals surface area contributed by atoms with Gasteiger partial charge in [0.05, 0.1) is 10.0 Å². The van der Waals surface area contributed by atoms with Gasteiger partial charge < -0.3 is 14.6 Å². The van der Waals surface area contributed by atoms with Crippen molar-refractivity contribution in [3.63, 3.8) is 0 Å². The Morgan fingerprint density at radius 3 is 2.62 bits per heavy atom. The number of carboxylic acids is 1. The summed E-state index contributed by atoms with van der Waals surface area (Å²) < 4.78 is 11.3. The molecule has 1 aromatic rings. The van der Waals surface area contributed by atoms with E-state index < -0.39 is 5.97 Å². The maximum absolute atomic E-state index is 11.2. The van der Waals surface area contributed by atoms with Crippen molar-refractivity contribution in [2.45, 2.75) is 19.8 Å². The molecule has 0 unspecified atom stereocenters. The minimum Gasteiger partial charge on any atom is -0.478 e. The first-order chi connectivity index (χ1) is 7.52. The number of fused-ring (bicyclic) bond motifs is 1. The zero-order valence-electron chi connectivity index (χ0n) is 8.91. The maximum atomic E-state index is 11.2. The van der Waals surface area contributed by atoms with Crippen LogP contribution in [0.15, 0.2) is 10.5 Å². The molecule has 0 radical (unpaired) electrons. The lowest BCUT2D eigenvalue weighted by Gasteiger charge is -2.13. The Balaban J connectivity index is 2.72. The molecule has 0 aliphatic carbocycles. The van der Waals surface area contributed by atoms with Crippen molar-refractivity contribution in [1.82, 2.24) is 0 Å². The second-order valence-corrected chi connectivity index (χ2v) is 4.70. The van der Waals surface area contributed by atoms with Gasteiger partial charge in [0.1, 0.15) is 0 Å². The Hall–Kier alpha value is -1.23. The molecule has 1 heterocycles. The Morgan fingerprint density at radius 1 is 1.44 bits per heavy atom. The number of hydrogen-bond donors (Lipinski definition) is 1. The minimum atomic E-state index is -0.956. The van der Waals surface area contributed by atoms with E-state index in [1.54, 1.807) is 6.07 Å². The van der Waals surface area contributed by atoms with E-state index in [1.807, 2.05) is 13.8 Å². The molecule has 1 aliphatic rings. The summed E-state index contributed by atoms with van der Waals surface area (Å²) in [4.78, 5) is 11.2. The van der Waals surface area contributed by atoms with Gasteiger partial charge in [0.15, 0.2) is 11.5 Å². The second-order valence-electron chi connectivity index (χ2n) is 3.84. The Bertz CT molecular complexity index is 454. The van der Waals surface area contributed by atoms with E-state index in [2.05, 4.69) is 15.9 Å². The molecule has 0 aromatic heterocycles. The van der Waals surface area contributed by atoms with Gasteiger partial charge in [-0.1, -0.05) is 13.8 Å². The topological polar surface area (TPSA) is 55.8 Å². The first kappa shape index (κ1) is 11.3. The highest BCUT2D eigenvalue weighted by Crippen LogP contribution is 2.46. The van der Waals surface area contributed by atoms with E-state index in [-0.39, 0.29) is 18.3 Å². The van der Waals surface area contributed by atoms with Gasteiger partial charge in [0.25, 0.3) is 0 Å². The van der Waals surface area contributed by atoms with Gasteiger partial charge in [-0.2, -0.15) is 0 Å². The van der Waals surface area contributed by atoms with E-state index in [9.17, 15) is 4.79 Å². The number of halogens is 1. The van der Waals surface area contributed by atoms with Gasteiger partial charge >= 0.3 is 5.97 Å². The van der Waals surface area contributed by atoms with Crippen molar-refractivity contribution in [3.8, 4) is 11.5 Å². The van der Waals surface area contributed by atoms with Crippen molar-refractivity contribution in [2.75, 3.05) is 6.79 Å². The van der Waals surface area contributed by atoms with Crippen molar-refractivity contribution in [2.24, 2.45) is 0 Å². The highest BCUT2D eigenvalue weighted by Gasteiger charge is 2.28. The number of carboxylic acid groups (broad SMARTS) is 1. The fraction of sp³-hybridized carbons (Fsp3) is 0.364. The molecule has 16 heavy (non-hydrogen) atoms. The predicted molar refractivity (Wildman–Crippen MR) is 61.3 cm³/mol. The van der Waals surface area contributed by atoms with Crippen LogP contribution in [0.25, 0.3) is 0 Å². The van der Waals surface area contributed by atoms with Crippen LogP contribution in [0, 0.1) is 0 Å². The van der Waals surface area contributed by atoms with Crippen LogP contribution in [-0.4, -0.2) is 17.9 Å². The minimum absolute atomic E-state index is 0.0645. The number of benzene rings is 1. The van der Waals surface area contributed by atoms with E-state index in [0.29, 0.717) is 21.5 Å². The van der Waals surface area contributed by atoms with Gasteiger partial charge in [-0.05, 0) is 27.9 Å². The molecule has 0 saturated carbocycles. The molecule has 0 spiro atoms. The second kappa shape index (κ2) is 3.97. The summed E-state index contributed by atoms with van der Waals surface area (Å²) in [5.74, 6) is 0.243. The van der Waals surface area contributed by atoms with Crippen molar-refractivity contribution in [1.29, 1.82) is 0 Å². The van der Waals surface area contributed by atoms with E-state index in [0.717, 1.165) is 0 Å². The Labute approximate surface area is 101 Å². The lowest BCUT2D eigenvalue weighted by Crippen LogP contribution is -2.05. The molecule has 0 saturated heterocycles. The Morgan fingerprint density at radius 2 is 2.06 bits per heavy atom. The molecule has 1 N–H and O–H groups in total. The van der Waals surface area contributed by atoms with Crippen LogP contribution in [0.2, 0.25) is 0 Å². The smallest absolute Gasteiger partial charge is 0.336 e. The van der Waals surface area contributed by atoms with Crippen LogP contribution in [0.4, 0.5) is 0 Å². The van der Waals surface area contributed by atoms with Crippen LogP contribution in [0.1, 0.15) is 35.7 Å². The van der Waals surface area contributed by atoms with Crippen LogP contribution in [0.3, 0.4) is 0 Å². The first-order valence-electron chi connectivity index (χ1n) is 4.87. The lowest BCUT2D eigenvalue weighted by molar-refractivity contribution is 0.0694. The molecule has 2 rings (SSSR count). The predicted octanol–water partition coefficient (Wildman–Crippen LogP) is 3.00. The zero-order valence-corrected chi connectivity index (χ0v) is 10.5. The van der Waals surface area contributed by atoms with E-state index >= 15 is 0 Å². The largest absolute Gasteiger partial charge is 0.478 e. The van der Waals surface area contributed by atoms with Crippen molar-refractivity contribution >= 4 is 21.9 Å². The molecule has 1 aliphatic heterocycles. The molecule has 0 fully saturated rings. The van der Waals surface area contributed by atoms with Gasteiger partial charge in [-0.25, -0.2) is 4.79 Å². The molecule has 0 atom stereocenters. The summed E-state index contributed by atoms with van der Waals surface area (Å²) in [6.45, 7) is 3.99. The number of carbonyl (C=O) groups is 1. The summed E-state index contributed by atoms with van der Waals surface area (Å²) in [5.41, 5.74) is 0.939. The van der Waals surface area contributed by atoms with Gasteiger partial charge in [0.2, 0.25) is 6.79 Å². The van der Waals surface area contributed by atoms with Gasteiger partial charge in [0, 0.05) is 5.56 Å². The normalized spacial score (nSPS) is 13.2. The SMILES string of the molecule is CC(C)c1c(C(=O)O)cc(Br)c2c1OCO2. The number of ether oxygens (including phenoxy) is 2. The van der Waals surface area contributed by atoms with Crippen LogP contribution in [0.5, 0.6) is 11.5 Å². The van der Waals surface area contributed by atoms with E-state index in [1.165, 1.54) is 0 Å². The van der Waals surface area contributed by atoms with Crippen LogP contribution in [-0.2, 0) is 0 Å². The number of aromatic carboxylic acids is 1. The maximum Gasteiger partial charge on any atom is 0.336 e. The average Bonchev–Trinajstić information content (AvgIpc) is 2.65. The number of rotatable bonds is 2. The highest BCUT2D eigenvalue weighted by molar-refractivity contribution is 9.10. The fourth-order valence-electron chi connectivity index (χ4n) is 1.80. The third-order valence-corrected chi connectivity index (χ3v) is 3.03. The van der Waals surface area contributed by atoms with Gasteiger partial charge in [-0.3, -0.25) is 0 Å². The average molecular weight is 287 g/mol. The summed E-state index contributed by atoms with van der Waals surface area (Å²) in [7, 11) is 0. The quantitative estimate of drug-likeness (QED) is 0.908. The molecule has 0 amide bonds. The molecular weight excluding hydrogens is 276 g/mol. The van der Waals surface area contributed by atoms with Crippen LogP contribution >= 0.6 is 15.9 Å². The molecule has 1 aromatic carbocycles. The zero-order chi connectivity index (χ0) is 11.9. The highest BCUT2D eigenvalue weighted by atomic mass is 79.9. The summed E-state index contributed by atoms with van der Waals surface area (Å²) in [6, 6.07) is 1.56. The fourth-order valence-corrected chi connectivity index (χ4v) is 2.32. The molecule has 5 heteroatoms. The van der Waals surface area contributed by atoms with Gasteiger partial charge in [-0.15, -0.1) is 0 Å². The summed E-state index contributed by atoms with van der Waals surface area (Å²) >= 11 is 3.28. The standard InChI is InChI=1S/C11H11BrO4/c1-5(2)8-6(11(13)14)3-7(12)9-10(8)16-4-15-9/h3,5H,4H2,1-2H3,(H,13,14). The molecule has 86 valence electrons. The molecule has 4 nitrogen and oxygen atoms in total. The molecule has 0 bridgehead atoms. The van der Waals surface area contributed by atoms with E-state index in [4.69, 9.17) is 14.6 Å². The third kappa shape index (κ3) is 1.65. The lowest BCUT2D eigenvalue weighted by atomic mass is 9.95.